The normalized spacial score (nSPS) is 22.7. The third kappa shape index (κ3) is 2.13. The lowest BCUT2D eigenvalue weighted by atomic mass is 10.2. The number of aromatic nitrogens is 2. The van der Waals surface area contributed by atoms with Gasteiger partial charge in [-0.1, -0.05) is 0 Å². The lowest BCUT2D eigenvalue weighted by Crippen LogP contribution is -2.06. The highest BCUT2D eigenvalue weighted by Crippen LogP contribution is 2.42. The topological polar surface area (TPSA) is 47.0 Å². The van der Waals surface area contributed by atoms with Gasteiger partial charge in [0.2, 0.25) is 5.13 Å². The summed E-state index contributed by atoms with van der Waals surface area (Å²) in [6.45, 7) is 0. The number of hydrogen-bond acceptors (Lipinski definition) is 5. The molecule has 0 amide bonds. The van der Waals surface area contributed by atoms with Gasteiger partial charge in [0.25, 0.3) is 0 Å². The van der Waals surface area contributed by atoms with Gasteiger partial charge in [-0.3, -0.25) is 0 Å². The number of ether oxygens (including phenoxy) is 1. The van der Waals surface area contributed by atoms with Gasteiger partial charge < -0.3 is 10.1 Å². The van der Waals surface area contributed by atoms with Crippen molar-refractivity contribution < 1.29 is 4.74 Å². The molecule has 82 valence electrons. The number of hydrogen-bond donors (Lipinski definition) is 1. The maximum Gasteiger partial charge on any atom is 0.202 e. The van der Waals surface area contributed by atoms with Crippen molar-refractivity contribution in [3.63, 3.8) is 0 Å². The summed E-state index contributed by atoms with van der Waals surface area (Å²) in [5.41, 5.74) is 0. The van der Waals surface area contributed by atoms with Gasteiger partial charge in [-0.05, 0) is 31.6 Å². The molecule has 0 aromatic carbocycles. The molecule has 2 aliphatic carbocycles. The summed E-state index contributed by atoms with van der Waals surface area (Å²) < 4.78 is 9.82. The first-order valence-corrected chi connectivity index (χ1v) is 6.27. The van der Waals surface area contributed by atoms with E-state index in [0.29, 0.717) is 12.0 Å². The Labute approximate surface area is 93.2 Å². The van der Waals surface area contributed by atoms with Crippen LogP contribution in [0.2, 0.25) is 0 Å². The molecule has 0 saturated heterocycles. The van der Waals surface area contributed by atoms with Crippen molar-refractivity contribution in [2.24, 2.45) is 5.92 Å². The van der Waals surface area contributed by atoms with Crippen molar-refractivity contribution in [1.82, 2.24) is 9.36 Å². The average Bonchev–Trinajstić information content (AvgIpc) is 3.10. The Morgan fingerprint density at radius 1 is 1.40 bits per heavy atom. The van der Waals surface area contributed by atoms with Crippen LogP contribution in [0.5, 0.6) is 0 Å². The van der Waals surface area contributed by atoms with E-state index in [2.05, 4.69) is 14.7 Å². The van der Waals surface area contributed by atoms with Gasteiger partial charge >= 0.3 is 0 Å². The zero-order chi connectivity index (χ0) is 10.3. The SMILES string of the molecule is COC(c1nsc(NC2CC2)n1)C1CC1. The maximum absolute atomic E-state index is 5.45. The summed E-state index contributed by atoms with van der Waals surface area (Å²) in [5, 5.41) is 4.32. The second-order valence-corrected chi connectivity index (χ2v) is 5.12. The number of anilines is 1. The average molecular weight is 225 g/mol. The summed E-state index contributed by atoms with van der Waals surface area (Å²) in [6, 6.07) is 0.646. The van der Waals surface area contributed by atoms with E-state index in [1.807, 2.05) is 0 Å². The zero-order valence-corrected chi connectivity index (χ0v) is 9.59. The summed E-state index contributed by atoms with van der Waals surface area (Å²) in [5.74, 6) is 1.52. The molecule has 0 bridgehead atoms. The number of nitrogens with zero attached hydrogens (tertiary/aromatic N) is 2. The molecule has 15 heavy (non-hydrogen) atoms. The van der Waals surface area contributed by atoms with E-state index in [9.17, 15) is 0 Å². The molecular formula is C10H15N3OS. The molecular weight excluding hydrogens is 210 g/mol. The van der Waals surface area contributed by atoms with Crippen LogP contribution in [0.4, 0.5) is 5.13 Å². The van der Waals surface area contributed by atoms with Crippen LogP contribution < -0.4 is 5.32 Å². The van der Waals surface area contributed by atoms with Gasteiger partial charge in [0.05, 0.1) is 0 Å². The minimum atomic E-state index is 0.121. The fourth-order valence-corrected chi connectivity index (χ4v) is 2.40. The lowest BCUT2D eigenvalue weighted by molar-refractivity contribution is 0.0783. The van der Waals surface area contributed by atoms with Crippen LogP contribution in [0.25, 0.3) is 0 Å². The second-order valence-electron chi connectivity index (χ2n) is 4.37. The standard InChI is InChI=1S/C10H15N3OS/c1-14-8(6-2-3-6)9-12-10(15-13-9)11-7-4-5-7/h6-8H,2-5H2,1H3,(H,11,12,13). The molecule has 0 spiro atoms. The first-order chi connectivity index (χ1) is 7.36. The number of rotatable bonds is 5. The molecule has 2 fully saturated rings. The lowest BCUT2D eigenvalue weighted by Gasteiger charge is -2.09. The highest BCUT2D eigenvalue weighted by atomic mass is 32.1. The molecule has 1 aromatic rings. The van der Waals surface area contributed by atoms with Gasteiger partial charge in [0.15, 0.2) is 5.82 Å². The Morgan fingerprint density at radius 3 is 2.80 bits per heavy atom. The Hall–Kier alpha value is -0.680. The van der Waals surface area contributed by atoms with Gasteiger partial charge in [0.1, 0.15) is 6.10 Å². The van der Waals surface area contributed by atoms with Crippen LogP contribution in [0, 0.1) is 5.92 Å². The Balaban J connectivity index is 1.69. The molecule has 0 aliphatic heterocycles. The van der Waals surface area contributed by atoms with E-state index in [0.717, 1.165) is 11.0 Å². The molecule has 2 aliphatic rings. The molecule has 0 radical (unpaired) electrons. The fraction of sp³-hybridized carbons (Fsp3) is 0.800. The van der Waals surface area contributed by atoms with Crippen LogP contribution in [0.15, 0.2) is 0 Å². The van der Waals surface area contributed by atoms with Gasteiger partial charge in [-0.15, -0.1) is 0 Å². The van der Waals surface area contributed by atoms with E-state index >= 15 is 0 Å². The minimum Gasteiger partial charge on any atom is -0.373 e. The second kappa shape index (κ2) is 3.72. The highest BCUT2D eigenvalue weighted by Gasteiger charge is 2.35. The number of methoxy groups -OCH3 is 1. The van der Waals surface area contributed by atoms with Crippen LogP contribution in [0.3, 0.4) is 0 Å². The van der Waals surface area contributed by atoms with E-state index in [1.54, 1.807) is 7.11 Å². The summed E-state index contributed by atoms with van der Waals surface area (Å²) in [4.78, 5) is 4.49. The predicted octanol–water partition coefficient (Wildman–Crippen LogP) is 2.21. The summed E-state index contributed by atoms with van der Waals surface area (Å²) in [7, 11) is 1.75. The molecule has 4 nitrogen and oxygen atoms in total. The quantitative estimate of drug-likeness (QED) is 0.834. The Bertz CT molecular complexity index is 346. The molecule has 2 saturated carbocycles. The molecule has 5 heteroatoms. The maximum atomic E-state index is 5.45. The van der Waals surface area contributed by atoms with Crippen molar-refractivity contribution in [3.8, 4) is 0 Å². The monoisotopic (exact) mass is 225 g/mol. The third-order valence-electron chi connectivity index (χ3n) is 2.91. The van der Waals surface area contributed by atoms with Crippen molar-refractivity contribution in [2.45, 2.75) is 37.8 Å². The Morgan fingerprint density at radius 2 is 2.20 bits per heavy atom. The molecule has 1 unspecified atom stereocenters. The van der Waals surface area contributed by atoms with Crippen LogP contribution in [-0.4, -0.2) is 22.5 Å². The summed E-state index contributed by atoms with van der Waals surface area (Å²) >= 11 is 1.45. The first kappa shape index (κ1) is 9.54. The highest BCUT2D eigenvalue weighted by molar-refractivity contribution is 7.09. The van der Waals surface area contributed by atoms with E-state index in [1.165, 1.54) is 37.2 Å². The molecule has 1 N–H and O–H groups in total. The summed E-state index contributed by atoms with van der Waals surface area (Å²) in [6.07, 6.45) is 5.17. The van der Waals surface area contributed by atoms with E-state index in [-0.39, 0.29) is 6.10 Å². The van der Waals surface area contributed by atoms with E-state index < -0.39 is 0 Å². The smallest absolute Gasteiger partial charge is 0.202 e. The van der Waals surface area contributed by atoms with Gasteiger partial charge in [0, 0.05) is 24.7 Å². The molecule has 3 rings (SSSR count). The van der Waals surface area contributed by atoms with Crippen molar-refractivity contribution in [1.29, 1.82) is 0 Å². The largest absolute Gasteiger partial charge is 0.373 e. The van der Waals surface area contributed by atoms with Crippen LogP contribution >= 0.6 is 11.5 Å². The first-order valence-electron chi connectivity index (χ1n) is 5.50. The molecule has 1 aromatic heterocycles. The van der Waals surface area contributed by atoms with Gasteiger partial charge in [-0.25, -0.2) is 4.98 Å². The van der Waals surface area contributed by atoms with Crippen LogP contribution in [-0.2, 0) is 4.74 Å². The van der Waals surface area contributed by atoms with Crippen molar-refractivity contribution in [2.75, 3.05) is 12.4 Å². The zero-order valence-electron chi connectivity index (χ0n) is 8.77. The molecule has 1 heterocycles. The van der Waals surface area contributed by atoms with Crippen molar-refractivity contribution in [3.05, 3.63) is 5.82 Å². The number of nitrogens with one attached hydrogen (secondary N) is 1. The van der Waals surface area contributed by atoms with Gasteiger partial charge in [-0.2, -0.15) is 4.37 Å². The van der Waals surface area contributed by atoms with Crippen LogP contribution in [0.1, 0.15) is 37.6 Å². The fourth-order valence-electron chi connectivity index (χ4n) is 1.72. The van der Waals surface area contributed by atoms with Crippen molar-refractivity contribution >= 4 is 16.7 Å². The van der Waals surface area contributed by atoms with E-state index in [4.69, 9.17) is 4.74 Å². The molecule has 1 atom stereocenters. The third-order valence-corrected chi connectivity index (χ3v) is 3.57. The minimum absolute atomic E-state index is 0.121. The predicted molar refractivity (Wildman–Crippen MR) is 59.0 cm³/mol. The Kier molecular flexibility index (Phi) is 2.36.